The molecule has 2 N–H and O–H groups in total. The summed E-state index contributed by atoms with van der Waals surface area (Å²) in [7, 11) is 0. The molecule has 0 aliphatic carbocycles. The zero-order valence-electron chi connectivity index (χ0n) is 14.4. The van der Waals surface area contributed by atoms with E-state index >= 15 is 0 Å². The number of thiophene rings is 1. The van der Waals surface area contributed by atoms with Gasteiger partial charge in [-0.3, -0.25) is 14.4 Å². The van der Waals surface area contributed by atoms with Crippen LogP contribution in [0.5, 0.6) is 0 Å². The van der Waals surface area contributed by atoms with Gasteiger partial charge < -0.3 is 20.0 Å². The zero-order chi connectivity index (χ0) is 18.5. The van der Waals surface area contributed by atoms with Gasteiger partial charge in [0.05, 0.1) is 18.2 Å². The molecule has 138 valence electrons. The summed E-state index contributed by atoms with van der Waals surface area (Å²) in [6, 6.07) is 2.62. The fraction of sp³-hybridized carbons (Fsp3) is 0.389. The fourth-order valence-electron chi connectivity index (χ4n) is 3.09. The van der Waals surface area contributed by atoms with E-state index in [1.165, 1.54) is 23.9 Å². The molecule has 2 aromatic rings. The lowest BCUT2D eigenvalue weighted by atomic mass is 10.1. The van der Waals surface area contributed by atoms with E-state index in [2.05, 4.69) is 10.6 Å². The average molecular weight is 375 g/mol. The quantitative estimate of drug-likeness (QED) is 0.799. The van der Waals surface area contributed by atoms with Gasteiger partial charge in [-0.25, -0.2) is 0 Å². The van der Waals surface area contributed by atoms with Gasteiger partial charge in [0.1, 0.15) is 12.3 Å². The maximum Gasteiger partial charge on any atom is 0.254 e. The Balaban J connectivity index is 1.69. The van der Waals surface area contributed by atoms with Crippen molar-refractivity contribution >= 4 is 29.1 Å². The first-order valence-corrected chi connectivity index (χ1v) is 9.44. The summed E-state index contributed by atoms with van der Waals surface area (Å²) in [6.07, 6.45) is 3.44. The molecule has 0 unspecified atom stereocenters. The van der Waals surface area contributed by atoms with Crippen LogP contribution in [-0.2, 0) is 16.0 Å². The van der Waals surface area contributed by atoms with E-state index in [0.717, 1.165) is 5.56 Å². The smallest absolute Gasteiger partial charge is 0.254 e. The van der Waals surface area contributed by atoms with Crippen LogP contribution < -0.4 is 10.6 Å². The number of likely N-dealkylation sites (tertiary alicyclic amines) is 1. The standard InChI is InChI=1S/C18H21N3O4S/c1-2-19-18(24)15-8-14(20-17(23)13-3-5-25-10-13)9-21(15)16(22)7-12-4-6-26-11-12/h3-6,10-11,14-15H,2,7-9H2,1H3,(H,19,24)(H,20,23)/t14-,15-/m0/s1. The Kier molecular flexibility index (Phi) is 5.72. The number of amides is 3. The summed E-state index contributed by atoms with van der Waals surface area (Å²) >= 11 is 1.53. The zero-order valence-corrected chi connectivity index (χ0v) is 15.3. The Labute approximate surface area is 155 Å². The van der Waals surface area contributed by atoms with Crippen molar-refractivity contribution < 1.29 is 18.8 Å². The topological polar surface area (TPSA) is 91.7 Å². The van der Waals surface area contributed by atoms with Crippen molar-refractivity contribution in [1.29, 1.82) is 0 Å². The van der Waals surface area contributed by atoms with Crippen molar-refractivity contribution in [2.45, 2.75) is 31.8 Å². The number of likely N-dealkylation sites (N-methyl/N-ethyl adjacent to an activating group) is 1. The molecule has 1 saturated heterocycles. The third-order valence-electron chi connectivity index (χ3n) is 4.33. The first-order valence-electron chi connectivity index (χ1n) is 8.49. The van der Waals surface area contributed by atoms with Crippen LogP contribution >= 0.6 is 11.3 Å². The lowest BCUT2D eigenvalue weighted by molar-refractivity contribution is -0.137. The normalized spacial score (nSPS) is 19.3. The highest BCUT2D eigenvalue weighted by Crippen LogP contribution is 2.21. The van der Waals surface area contributed by atoms with Gasteiger partial charge >= 0.3 is 0 Å². The SMILES string of the molecule is CCNC(=O)[C@@H]1C[C@H](NC(=O)c2ccoc2)CN1C(=O)Cc1ccsc1. The van der Waals surface area contributed by atoms with Crippen molar-refractivity contribution in [2.75, 3.05) is 13.1 Å². The van der Waals surface area contributed by atoms with E-state index in [1.54, 1.807) is 11.0 Å². The molecule has 0 bridgehead atoms. The minimum atomic E-state index is -0.573. The van der Waals surface area contributed by atoms with Crippen molar-refractivity contribution in [3.63, 3.8) is 0 Å². The van der Waals surface area contributed by atoms with Gasteiger partial charge in [0.15, 0.2) is 0 Å². The van der Waals surface area contributed by atoms with Crippen molar-refractivity contribution in [3.8, 4) is 0 Å². The third-order valence-corrected chi connectivity index (χ3v) is 5.06. The molecule has 26 heavy (non-hydrogen) atoms. The molecule has 1 aliphatic rings. The van der Waals surface area contributed by atoms with E-state index in [0.29, 0.717) is 25.1 Å². The summed E-state index contributed by atoms with van der Waals surface area (Å²) in [4.78, 5) is 38.9. The predicted octanol–water partition coefficient (Wildman–Crippen LogP) is 1.42. The summed E-state index contributed by atoms with van der Waals surface area (Å²) < 4.78 is 4.92. The van der Waals surface area contributed by atoms with Gasteiger partial charge in [-0.2, -0.15) is 11.3 Å². The number of hydrogen-bond donors (Lipinski definition) is 2. The molecule has 3 amide bonds. The van der Waals surface area contributed by atoms with Crippen LogP contribution in [0.25, 0.3) is 0 Å². The first-order chi connectivity index (χ1) is 12.6. The highest BCUT2D eigenvalue weighted by atomic mass is 32.1. The van der Waals surface area contributed by atoms with Crippen molar-refractivity contribution in [1.82, 2.24) is 15.5 Å². The summed E-state index contributed by atoms with van der Waals surface area (Å²) in [5.41, 5.74) is 1.35. The Bertz CT molecular complexity index is 758. The molecule has 8 heteroatoms. The number of nitrogens with one attached hydrogen (secondary N) is 2. The Hall–Kier alpha value is -2.61. The van der Waals surface area contributed by atoms with E-state index in [-0.39, 0.29) is 30.2 Å². The molecule has 0 saturated carbocycles. The minimum absolute atomic E-state index is 0.111. The lowest BCUT2D eigenvalue weighted by Crippen LogP contribution is -2.46. The van der Waals surface area contributed by atoms with Crippen LogP contribution in [0, 0.1) is 0 Å². The Morgan fingerprint density at radius 3 is 2.85 bits per heavy atom. The third kappa shape index (κ3) is 4.13. The summed E-state index contributed by atoms with van der Waals surface area (Å²) in [5, 5.41) is 9.50. The molecule has 1 fully saturated rings. The maximum absolute atomic E-state index is 12.7. The van der Waals surface area contributed by atoms with E-state index in [9.17, 15) is 14.4 Å². The summed E-state index contributed by atoms with van der Waals surface area (Å²) in [6.45, 7) is 2.64. The Morgan fingerprint density at radius 1 is 1.35 bits per heavy atom. The molecule has 3 heterocycles. The summed E-state index contributed by atoms with van der Waals surface area (Å²) in [5.74, 6) is -0.573. The highest BCUT2D eigenvalue weighted by molar-refractivity contribution is 7.08. The number of carbonyl (C=O) groups excluding carboxylic acids is 3. The van der Waals surface area contributed by atoms with Crippen LogP contribution in [0.3, 0.4) is 0 Å². The molecule has 7 nitrogen and oxygen atoms in total. The second kappa shape index (κ2) is 8.18. The van der Waals surface area contributed by atoms with Crippen LogP contribution in [0.2, 0.25) is 0 Å². The molecule has 2 atom stereocenters. The monoisotopic (exact) mass is 375 g/mol. The van der Waals surface area contributed by atoms with Gasteiger partial charge in [-0.15, -0.1) is 0 Å². The van der Waals surface area contributed by atoms with Crippen LogP contribution in [-0.4, -0.2) is 47.8 Å². The van der Waals surface area contributed by atoms with E-state index in [1.807, 2.05) is 23.8 Å². The number of rotatable bonds is 6. The number of hydrogen-bond acceptors (Lipinski definition) is 5. The molecule has 0 aromatic carbocycles. The number of carbonyl (C=O) groups is 3. The lowest BCUT2D eigenvalue weighted by Gasteiger charge is -2.23. The predicted molar refractivity (Wildman–Crippen MR) is 96.8 cm³/mol. The van der Waals surface area contributed by atoms with E-state index in [4.69, 9.17) is 4.42 Å². The average Bonchev–Trinajstić information content (AvgIpc) is 3.36. The molecular weight excluding hydrogens is 354 g/mol. The second-order valence-corrected chi connectivity index (χ2v) is 6.96. The van der Waals surface area contributed by atoms with Crippen LogP contribution in [0.1, 0.15) is 29.3 Å². The van der Waals surface area contributed by atoms with E-state index < -0.39 is 6.04 Å². The van der Waals surface area contributed by atoms with Crippen LogP contribution in [0.15, 0.2) is 39.8 Å². The first kappa shape index (κ1) is 18.2. The van der Waals surface area contributed by atoms with Gasteiger partial charge in [0.25, 0.3) is 5.91 Å². The van der Waals surface area contributed by atoms with Crippen molar-refractivity contribution in [3.05, 3.63) is 46.5 Å². The molecule has 1 aliphatic heterocycles. The van der Waals surface area contributed by atoms with Gasteiger partial charge in [-0.1, -0.05) is 0 Å². The highest BCUT2D eigenvalue weighted by Gasteiger charge is 2.39. The van der Waals surface area contributed by atoms with Gasteiger partial charge in [0.2, 0.25) is 11.8 Å². The Morgan fingerprint density at radius 2 is 2.19 bits per heavy atom. The minimum Gasteiger partial charge on any atom is -0.472 e. The maximum atomic E-state index is 12.7. The molecule has 0 spiro atoms. The van der Waals surface area contributed by atoms with Gasteiger partial charge in [0, 0.05) is 19.1 Å². The number of furan rings is 1. The largest absolute Gasteiger partial charge is 0.472 e. The van der Waals surface area contributed by atoms with Crippen LogP contribution in [0.4, 0.5) is 0 Å². The second-order valence-electron chi connectivity index (χ2n) is 6.18. The molecule has 3 rings (SSSR count). The molecule has 0 radical (unpaired) electrons. The molecular formula is C18H21N3O4S. The molecule has 2 aromatic heterocycles. The van der Waals surface area contributed by atoms with Gasteiger partial charge in [-0.05, 0) is 41.8 Å². The fourth-order valence-corrected chi connectivity index (χ4v) is 3.76. The number of nitrogens with zero attached hydrogens (tertiary/aromatic N) is 1. The van der Waals surface area contributed by atoms with Crippen molar-refractivity contribution in [2.24, 2.45) is 0 Å².